The Kier molecular flexibility index (Phi) is 2.49. The Bertz CT molecular complexity index is 556. The van der Waals surface area contributed by atoms with Gasteiger partial charge in [0.1, 0.15) is 5.52 Å². The van der Waals surface area contributed by atoms with E-state index in [-0.39, 0.29) is 21.4 Å². The molecule has 0 aliphatic rings. The third-order valence-corrected chi connectivity index (χ3v) is 2.52. The Morgan fingerprint density at radius 2 is 1.94 bits per heavy atom. The van der Waals surface area contributed by atoms with Crippen LogP contribution in [0.2, 0.25) is 0 Å². The van der Waals surface area contributed by atoms with Crippen LogP contribution in [-0.4, -0.2) is 15.1 Å². The summed E-state index contributed by atoms with van der Waals surface area (Å²) in [4.78, 5) is 7.35. The van der Waals surface area contributed by atoms with Crippen molar-refractivity contribution in [2.24, 2.45) is 0 Å². The predicted molar refractivity (Wildman–Crippen MR) is 53.9 cm³/mol. The molecule has 1 aromatic carbocycles. The highest BCUT2D eigenvalue weighted by atomic mass is 79.9. The van der Waals surface area contributed by atoms with Gasteiger partial charge in [-0.25, -0.2) is 9.97 Å². The van der Waals surface area contributed by atoms with Crippen molar-refractivity contribution in [1.29, 1.82) is 0 Å². The molecule has 0 saturated heterocycles. The fraction of sp³-hybridized carbons (Fsp3) is 0.111. The standard InChI is InChI=1S/C9H4BrF3N2O/c10-5-1-4(9(11,12)13)2-6-8(5)15-7(16)3-14-6/h1-3H,(H,15,16). The third-order valence-electron chi connectivity index (χ3n) is 1.92. The number of hydrogen-bond acceptors (Lipinski definition) is 3. The van der Waals surface area contributed by atoms with Crippen LogP contribution in [0, 0.1) is 0 Å². The normalized spacial score (nSPS) is 12.0. The Labute approximate surface area is 96.1 Å². The van der Waals surface area contributed by atoms with Crippen LogP contribution in [0.25, 0.3) is 11.0 Å². The molecule has 0 fully saturated rings. The summed E-state index contributed by atoms with van der Waals surface area (Å²) in [5.41, 5.74) is -0.556. The van der Waals surface area contributed by atoms with Crippen molar-refractivity contribution in [3.05, 3.63) is 28.4 Å². The molecule has 1 N–H and O–H groups in total. The summed E-state index contributed by atoms with van der Waals surface area (Å²) in [6.07, 6.45) is -3.44. The molecule has 1 heterocycles. The molecule has 0 atom stereocenters. The number of rotatable bonds is 0. The lowest BCUT2D eigenvalue weighted by molar-refractivity contribution is -0.137. The van der Waals surface area contributed by atoms with E-state index in [9.17, 15) is 13.2 Å². The summed E-state index contributed by atoms with van der Waals surface area (Å²) < 4.78 is 37.5. The Morgan fingerprint density at radius 1 is 1.25 bits per heavy atom. The molecule has 3 nitrogen and oxygen atoms in total. The van der Waals surface area contributed by atoms with Crippen molar-refractivity contribution in [3.63, 3.8) is 0 Å². The lowest BCUT2D eigenvalue weighted by Crippen LogP contribution is -2.05. The highest BCUT2D eigenvalue weighted by molar-refractivity contribution is 9.10. The lowest BCUT2D eigenvalue weighted by atomic mass is 10.2. The average Bonchev–Trinajstić information content (AvgIpc) is 2.17. The lowest BCUT2D eigenvalue weighted by Gasteiger charge is -2.08. The maximum absolute atomic E-state index is 12.5. The largest absolute Gasteiger partial charge is 0.492 e. The first-order valence-corrected chi connectivity index (χ1v) is 4.89. The first-order valence-electron chi connectivity index (χ1n) is 4.10. The number of nitrogens with zero attached hydrogens (tertiary/aromatic N) is 2. The van der Waals surface area contributed by atoms with Crippen LogP contribution < -0.4 is 0 Å². The van der Waals surface area contributed by atoms with Gasteiger partial charge in [0.05, 0.1) is 17.3 Å². The van der Waals surface area contributed by atoms with Crippen molar-refractivity contribution in [1.82, 2.24) is 9.97 Å². The molecule has 0 unspecified atom stereocenters. The minimum absolute atomic E-state index is 0.0690. The van der Waals surface area contributed by atoms with Gasteiger partial charge in [0.25, 0.3) is 0 Å². The van der Waals surface area contributed by atoms with Gasteiger partial charge >= 0.3 is 6.18 Å². The van der Waals surface area contributed by atoms with E-state index in [0.29, 0.717) is 0 Å². The number of hydrogen-bond donors (Lipinski definition) is 1. The average molecular weight is 293 g/mol. The van der Waals surface area contributed by atoms with Gasteiger partial charge in [0, 0.05) is 4.47 Å². The second kappa shape index (κ2) is 3.58. The molecule has 0 aliphatic heterocycles. The number of alkyl halides is 3. The zero-order chi connectivity index (χ0) is 11.9. The monoisotopic (exact) mass is 292 g/mol. The van der Waals surface area contributed by atoms with E-state index in [4.69, 9.17) is 5.11 Å². The number of aromatic nitrogens is 2. The van der Waals surface area contributed by atoms with E-state index in [2.05, 4.69) is 25.9 Å². The summed E-state index contributed by atoms with van der Waals surface area (Å²) in [6, 6.07) is 1.78. The summed E-state index contributed by atoms with van der Waals surface area (Å²) in [6.45, 7) is 0. The van der Waals surface area contributed by atoms with Crippen molar-refractivity contribution < 1.29 is 18.3 Å². The first kappa shape index (κ1) is 11.1. The number of fused-ring (bicyclic) bond motifs is 1. The summed E-state index contributed by atoms with van der Waals surface area (Å²) in [7, 11) is 0. The van der Waals surface area contributed by atoms with E-state index in [1.165, 1.54) is 0 Å². The van der Waals surface area contributed by atoms with Gasteiger partial charge in [0.2, 0.25) is 5.88 Å². The van der Waals surface area contributed by atoms with Gasteiger partial charge in [0.15, 0.2) is 0 Å². The molecule has 0 amide bonds. The van der Waals surface area contributed by atoms with Gasteiger partial charge in [-0.2, -0.15) is 13.2 Å². The molecule has 1 aromatic heterocycles. The maximum Gasteiger partial charge on any atom is 0.416 e. The SMILES string of the molecule is Oc1cnc2cc(C(F)(F)F)cc(Br)c2n1. The summed E-state index contributed by atoms with van der Waals surface area (Å²) >= 11 is 2.96. The van der Waals surface area contributed by atoms with Gasteiger partial charge < -0.3 is 5.11 Å². The highest BCUT2D eigenvalue weighted by Gasteiger charge is 2.31. The van der Waals surface area contributed by atoms with Crippen LogP contribution >= 0.6 is 15.9 Å². The van der Waals surface area contributed by atoms with Gasteiger partial charge in [-0.05, 0) is 28.1 Å². The van der Waals surface area contributed by atoms with Crippen LogP contribution in [-0.2, 0) is 6.18 Å². The zero-order valence-corrected chi connectivity index (χ0v) is 9.17. The van der Waals surface area contributed by atoms with Crippen LogP contribution in [0.1, 0.15) is 5.56 Å². The number of halogens is 4. The molecule has 2 rings (SSSR count). The maximum atomic E-state index is 12.5. The molecule has 0 radical (unpaired) electrons. The topological polar surface area (TPSA) is 46.0 Å². The van der Waals surface area contributed by atoms with E-state index in [1.807, 2.05) is 0 Å². The third kappa shape index (κ3) is 1.95. The van der Waals surface area contributed by atoms with Crippen LogP contribution in [0.4, 0.5) is 13.2 Å². The van der Waals surface area contributed by atoms with Crippen molar-refractivity contribution >= 4 is 27.0 Å². The Balaban J connectivity index is 2.74. The summed E-state index contributed by atoms with van der Waals surface area (Å²) in [5, 5.41) is 9.07. The van der Waals surface area contributed by atoms with Crippen molar-refractivity contribution in [3.8, 4) is 5.88 Å². The highest BCUT2D eigenvalue weighted by Crippen LogP contribution is 2.34. The molecule has 0 spiro atoms. The summed E-state index contributed by atoms with van der Waals surface area (Å²) in [5.74, 6) is -0.340. The quantitative estimate of drug-likeness (QED) is 0.811. The molecule has 0 bridgehead atoms. The fourth-order valence-corrected chi connectivity index (χ4v) is 1.77. The second-order valence-corrected chi connectivity index (χ2v) is 3.91. The predicted octanol–water partition coefficient (Wildman–Crippen LogP) is 3.12. The van der Waals surface area contributed by atoms with E-state index in [0.717, 1.165) is 18.3 Å². The van der Waals surface area contributed by atoms with E-state index >= 15 is 0 Å². The minimum atomic E-state index is -4.43. The molecule has 0 saturated carbocycles. The fourth-order valence-electron chi connectivity index (χ4n) is 1.23. The van der Waals surface area contributed by atoms with Crippen LogP contribution in [0.3, 0.4) is 0 Å². The van der Waals surface area contributed by atoms with Crippen LogP contribution in [0.5, 0.6) is 5.88 Å². The van der Waals surface area contributed by atoms with E-state index < -0.39 is 11.7 Å². The van der Waals surface area contributed by atoms with Crippen molar-refractivity contribution in [2.75, 3.05) is 0 Å². The molecule has 84 valence electrons. The molecule has 0 aliphatic carbocycles. The molecular formula is C9H4BrF3N2O. The number of benzene rings is 1. The van der Waals surface area contributed by atoms with Gasteiger partial charge in [-0.1, -0.05) is 0 Å². The van der Waals surface area contributed by atoms with E-state index in [1.54, 1.807) is 0 Å². The second-order valence-electron chi connectivity index (χ2n) is 3.05. The Morgan fingerprint density at radius 3 is 2.56 bits per heavy atom. The molecule has 7 heteroatoms. The van der Waals surface area contributed by atoms with Gasteiger partial charge in [-0.15, -0.1) is 0 Å². The minimum Gasteiger partial charge on any atom is -0.492 e. The number of aromatic hydroxyl groups is 1. The smallest absolute Gasteiger partial charge is 0.416 e. The first-order chi connectivity index (χ1) is 7.38. The van der Waals surface area contributed by atoms with Crippen LogP contribution in [0.15, 0.2) is 22.8 Å². The molecule has 2 aromatic rings. The Hall–Kier alpha value is -1.37. The van der Waals surface area contributed by atoms with Crippen molar-refractivity contribution in [2.45, 2.75) is 6.18 Å². The molecule has 16 heavy (non-hydrogen) atoms. The zero-order valence-electron chi connectivity index (χ0n) is 7.59. The molecular weight excluding hydrogens is 289 g/mol. The van der Waals surface area contributed by atoms with Gasteiger partial charge in [-0.3, -0.25) is 0 Å².